The second-order valence-corrected chi connectivity index (χ2v) is 10.8. The Bertz CT molecular complexity index is 659. The summed E-state index contributed by atoms with van der Waals surface area (Å²) in [6.45, 7) is 0. The zero-order valence-corrected chi connectivity index (χ0v) is 18.2. The lowest BCUT2D eigenvalue weighted by Crippen LogP contribution is -2.27. The Morgan fingerprint density at radius 3 is 1.67 bits per heavy atom. The molecule has 0 unspecified atom stereocenters. The molecule has 0 aliphatic carbocycles. The molecule has 0 aliphatic heterocycles. The summed E-state index contributed by atoms with van der Waals surface area (Å²) in [5.74, 6) is 0. The number of rotatable bonds is 12. The lowest BCUT2D eigenvalue weighted by Gasteiger charge is -2.28. The highest BCUT2D eigenvalue weighted by atomic mass is 79.9. The summed E-state index contributed by atoms with van der Waals surface area (Å²) in [5, 5.41) is 0. The predicted octanol–water partition coefficient (Wildman–Crippen LogP) is 6.12. The van der Waals surface area contributed by atoms with Gasteiger partial charge in [-0.05, 0) is 36.8 Å². The first-order valence-corrected chi connectivity index (χ1v) is 12.3. The molecule has 0 aliphatic rings. The summed E-state index contributed by atoms with van der Waals surface area (Å²) < 4.78 is 10.9. The highest BCUT2D eigenvalue weighted by Gasteiger charge is 2.27. The average molecular weight is 453 g/mol. The maximum atomic E-state index is 10.9. The molecule has 0 radical (unpaired) electrons. The number of unbranched alkanes of at least 4 members (excludes halogenated alkanes) is 4. The van der Waals surface area contributed by atoms with Gasteiger partial charge in [0.25, 0.3) is 0 Å². The van der Waals surface area contributed by atoms with Crippen LogP contribution in [-0.4, -0.2) is 20.3 Å². The Labute approximate surface area is 171 Å². The van der Waals surface area contributed by atoms with Crippen LogP contribution in [0.2, 0.25) is 0 Å². The zero-order chi connectivity index (χ0) is 19.6. The van der Waals surface area contributed by atoms with Crippen molar-refractivity contribution in [3.63, 3.8) is 0 Å². The fourth-order valence-corrected chi connectivity index (χ4v) is 5.02. The van der Waals surface area contributed by atoms with Gasteiger partial charge in [-0.2, -0.15) is 0 Å². The molecule has 5 heteroatoms. The van der Waals surface area contributed by atoms with Gasteiger partial charge in [-0.15, -0.1) is 0 Å². The summed E-state index contributed by atoms with van der Waals surface area (Å²) in [6.07, 6.45) is 7.79. The second-order valence-electron chi connectivity index (χ2n) is 7.38. The molecule has 0 amide bonds. The molecule has 148 valence electrons. The van der Waals surface area contributed by atoms with Gasteiger partial charge in [-0.3, -0.25) is 4.57 Å². The van der Waals surface area contributed by atoms with E-state index in [1.54, 1.807) is 0 Å². The Morgan fingerprint density at radius 2 is 1.19 bits per heavy atom. The van der Waals surface area contributed by atoms with Crippen LogP contribution in [-0.2, 0) is 17.4 Å². The fourth-order valence-electron chi connectivity index (χ4n) is 3.45. The molecule has 0 aromatic heterocycles. The van der Waals surface area contributed by atoms with Gasteiger partial charge in [-0.1, -0.05) is 102 Å². The van der Waals surface area contributed by atoms with Crippen LogP contribution in [0.4, 0.5) is 0 Å². The molecule has 2 rings (SSSR count). The Kier molecular flexibility index (Phi) is 9.25. The van der Waals surface area contributed by atoms with E-state index >= 15 is 0 Å². The maximum absolute atomic E-state index is 10.9. The number of alkyl halides is 1. The van der Waals surface area contributed by atoms with E-state index in [1.807, 2.05) is 12.1 Å². The van der Waals surface area contributed by atoms with Crippen molar-refractivity contribution in [2.75, 3.05) is 6.16 Å². The van der Waals surface area contributed by atoms with Gasteiger partial charge in [0.05, 0.1) is 0 Å². The molecule has 2 aromatic carbocycles. The molecule has 2 N–H and O–H groups in total. The van der Waals surface area contributed by atoms with Crippen molar-refractivity contribution in [2.24, 2.45) is 0 Å². The molecule has 0 atom stereocenters. The minimum atomic E-state index is -3.83. The van der Waals surface area contributed by atoms with E-state index in [0.717, 1.165) is 44.9 Å². The normalized spacial score (nSPS) is 12.3. The first kappa shape index (κ1) is 22.4. The Hall–Kier alpha value is -0.930. The van der Waals surface area contributed by atoms with Crippen LogP contribution in [0.1, 0.15) is 49.7 Å². The van der Waals surface area contributed by atoms with Crippen LogP contribution in [0.5, 0.6) is 0 Å². The van der Waals surface area contributed by atoms with Gasteiger partial charge in [0.2, 0.25) is 0 Å². The van der Waals surface area contributed by atoms with Crippen LogP contribution in [0.25, 0.3) is 0 Å². The molecular formula is C22H30BrO3P. The lowest BCUT2D eigenvalue weighted by molar-refractivity contribution is 0.370. The van der Waals surface area contributed by atoms with Gasteiger partial charge in [0, 0.05) is 10.5 Å². The summed E-state index contributed by atoms with van der Waals surface area (Å²) in [6, 6.07) is 21.2. The number of hydrogen-bond donors (Lipinski definition) is 2. The number of benzene rings is 2. The first-order chi connectivity index (χ1) is 12.9. The highest BCUT2D eigenvalue weighted by molar-refractivity contribution is 9.10. The summed E-state index contributed by atoms with van der Waals surface area (Å²) in [5.41, 5.74) is 2.68. The third-order valence-corrected chi connectivity index (χ3v) is 6.66. The van der Waals surface area contributed by atoms with E-state index in [-0.39, 0.29) is 10.5 Å². The van der Waals surface area contributed by atoms with Crippen molar-refractivity contribution < 1.29 is 14.4 Å². The van der Waals surface area contributed by atoms with Crippen molar-refractivity contribution in [2.45, 2.75) is 55.7 Å². The highest BCUT2D eigenvalue weighted by Crippen LogP contribution is 2.36. The quantitative estimate of drug-likeness (QED) is 0.231. The molecule has 27 heavy (non-hydrogen) atoms. The molecule has 0 heterocycles. The Morgan fingerprint density at radius 1 is 0.741 bits per heavy atom. The minimum Gasteiger partial charge on any atom is -0.324 e. The van der Waals surface area contributed by atoms with Crippen molar-refractivity contribution in [3.8, 4) is 0 Å². The lowest BCUT2D eigenvalue weighted by atomic mass is 9.88. The van der Waals surface area contributed by atoms with Gasteiger partial charge in [-0.25, -0.2) is 0 Å². The smallest absolute Gasteiger partial charge is 0.324 e. The third kappa shape index (κ3) is 9.71. The Balaban J connectivity index is 1.85. The number of halogens is 1. The van der Waals surface area contributed by atoms with E-state index < -0.39 is 7.60 Å². The summed E-state index contributed by atoms with van der Waals surface area (Å²) in [4.78, 5) is 17.8. The second kappa shape index (κ2) is 11.2. The molecule has 0 bridgehead atoms. The maximum Gasteiger partial charge on any atom is 0.325 e. The van der Waals surface area contributed by atoms with Gasteiger partial charge in [0.1, 0.15) is 0 Å². The van der Waals surface area contributed by atoms with E-state index in [9.17, 15) is 4.57 Å². The van der Waals surface area contributed by atoms with E-state index in [1.165, 1.54) is 11.1 Å². The molecule has 0 saturated carbocycles. The van der Waals surface area contributed by atoms with Crippen molar-refractivity contribution in [1.29, 1.82) is 0 Å². The fraction of sp³-hybridized carbons (Fsp3) is 0.455. The summed E-state index contributed by atoms with van der Waals surface area (Å²) in [7, 11) is -3.83. The molecule has 3 nitrogen and oxygen atoms in total. The van der Waals surface area contributed by atoms with Crippen LogP contribution >= 0.6 is 23.5 Å². The van der Waals surface area contributed by atoms with E-state index in [4.69, 9.17) is 9.79 Å². The topological polar surface area (TPSA) is 57.5 Å². The monoisotopic (exact) mass is 452 g/mol. The minimum absolute atomic E-state index is 0.0113. The standard InChI is InChI=1S/C22H30BrO3P/c23-22(18-20-12-6-4-7-13-20,19-21-14-8-5-9-15-21)16-10-2-1-3-11-17-27(24,25)26/h4-9,12-15H,1-3,10-11,16-19H2,(H2,24,25,26). The number of hydrogen-bond acceptors (Lipinski definition) is 1. The molecule has 0 spiro atoms. The van der Waals surface area contributed by atoms with Crippen LogP contribution < -0.4 is 0 Å². The molecule has 0 fully saturated rings. The van der Waals surface area contributed by atoms with Crippen molar-refractivity contribution in [3.05, 3.63) is 71.8 Å². The van der Waals surface area contributed by atoms with Crippen LogP contribution in [0.3, 0.4) is 0 Å². The molecular weight excluding hydrogens is 423 g/mol. The molecule has 2 aromatic rings. The van der Waals surface area contributed by atoms with Crippen LogP contribution in [0, 0.1) is 0 Å². The first-order valence-electron chi connectivity index (χ1n) is 9.68. The largest absolute Gasteiger partial charge is 0.325 e. The zero-order valence-electron chi connectivity index (χ0n) is 15.8. The summed E-state index contributed by atoms with van der Waals surface area (Å²) >= 11 is 4.06. The molecule has 0 saturated heterocycles. The van der Waals surface area contributed by atoms with Crippen molar-refractivity contribution in [1.82, 2.24) is 0 Å². The third-order valence-electron chi connectivity index (χ3n) is 4.80. The predicted molar refractivity (Wildman–Crippen MR) is 117 cm³/mol. The van der Waals surface area contributed by atoms with Gasteiger partial charge < -0.3 is 9.79 Å². The van der Waals surface area contributed by atoms with E-state index in [0.29, 0.717) is 6.42 Å². The van der Waals surface area contributed by atoms with Crippen LogP contribution in [0.15, 0.2) is 60.7 Å². The van der Waals surface area contributed by atoms with Gasteiger partial charge in [0.15, 0.2) is 0 Å². The van der Waals surface area contributed by atoms with Gasteiger partial charge >= 0.3 is 7.60 Å². The SMILES string of the molecule is O=P(O)(O)CCCCCCCC(Br)(Cc1ccccc1)Cc1ccccc1. The van der Waals surface area contributed by atoms with E-state index in [2.05, 4.69) is 64.5 Å². The van der Waals surface area contributed by atoms with Crippen molar-refractivity contribution >= 4 is 23.5 Å². The average Bonchev–Trinajstić information content (AvgIpc) is 2.61.